The van der Waals surface area contributed by atoms with Gasteiger partial charge >= 0.3 is 0 Å². The number of phenols is 2. The van der Waals surface area contributed by atoms with Crippen molar-refractivity contribution < 1.29 is 19.7 Å². The van der Waals surface area contributed by atoms with Gasteiger partial charge < -0.3 is 19.7 Å². The van der Waals surface area contributed by atoms with E-state index in [9.17, 15) is 10.2 Å². The lowest BCUT2D eigenvalue weighted by Gasteiger charge is -2.31. The van der Waals surface area contributed by atoms with E-state index in [2.05, 4.69) is 18.7 Å². The van der Waals surface area contributed by atoms with Crippen LogP contribution in [0.2, 0.25) is 5.02 Å². The first-order valence-electron chi connectivity index (χ1n) is 12.5. The summed E-state index contributed by atoms with van der Waals surface area (Å²) >= 11 is 6.29. The van der Waals surface area contributed by atoms with Gasteiger partial charge in [-0.05, 0) is 98.0 Å². The number of hydrogen-bond donors (Lipinski definition) is 2. The zero-order valence-electron chi connectivity index (χ0n) is 20.9. The third kappa shape index (κ3) is 5.04. The second kappa shape index (κ2) is 10.1. The molecule has 0 bridgehead atoms. The fraction of sp³-hybridized carbons (Fsp3) is 0.333. The summed E-state index contributed by atoms with van der Waals surface area (Å²) in [6.45, 7) is 9.44. The summed E-state index contributed by atoms with van der Waals surface area (Å²) in [4.78, 5) is 2.49. The topological polar surface area (TPSA) is 62.2 Å². The maximum atomic E-state index is 10.2. The van der Waals surface area contributed by atoms with E-state index >= 15 is 0 Å². The fourth-order valence-corrected chi connectivity index (χ4v) is 5.43. The molecule has 1 fully saturated rings. The molecule has 0 aliphatic carbocycles. The van der Waals surface area contributed by atoms with E-state index in [0.29, 0.717) is 23.4 Å². The number of likely N-dealkylation sites (tertiary alicyclic amines) is 1. The maximum absolute atomic E-state index is 10.2. The van der Waals surface area contributed by atoms with Crippen molar-refractivity contribution in [2.75, 3.05) is 19.7 Å². The third-order valence-electron chi connectivity index (χ3n) is 7.22. The first kappa shape index (κ1) is 24.5. The summed E-state index contributed by atoms with van der Waals surface area (Å²) in [5.41, 5.74) is 4.37. The molecule has 0 radical (unpaired) electrons. The first-order valence-corrected chi connectivity index (χ1v) is 12.8. The zero-order valence-corrected chi connectivity index (χ0v) is 21.6. The predicted octanol–water partition coefficient (Wildman–Crippen LogP) is 6.92. The number of fused-ring (bicyclic) bond motifs is 1. The number of rotatable bonds is 6. The van der Waals surface area contributed by atoms with Gasteiger partial charge in [-0.3, -0.25) is 4.90 Å². The van der Waals surface area contributed by atoms with Crippen molar-refractivity contribution >= 4 is 22.7 Å². The number of halogens is 1. The minimum absolute atomic E-state index is 0.0866. The molecule has 6 heteroatoms. The zero-order chi connectivity index (χ0) is 25.4. The van der Waals surface area contributed by atoms with Crippen molar-refractivity contribution in [3.8, 4) is 23.0 Å². The molecule has 2 N–H and O–H groups in total. The minimum atomic E-state index is -0.418. The van der Waals surface area contributed by atoms with Crippen molar-refractivity contribution in [2.45, 2.75) is 39.3 Å². The molecule has 3 aromatic rings. The van der Waals surface area contributed by atoms with Gasteiger partial charge in [-0.15, -0.1) is 0 Å². The molecule has 1 unspecified atom stereocenters. The first-order chi connectivity index (χ1) is 17.3. The second-order valence-corrected chi connectivity index (χ2v) is 10.5. The van der Waals surface area contributed by atoms with Gasteiger partial charge in [0.1, 0.15) is 35.7 Å². The molecule has 3 atom stereocenters. The summed E-state index contributed by atoms with van der Waals surface area (Å²) in [6.07, 6.45) is 0.835. The molecule has 5 rings (SSSR count). The molecule has 36 heavy (non-hydrogen) atoms. The molecular formula is C30H32ClNO4. The molecular weight excluding hydrogens is 474 g/mol. The van der Waals surface area contributed by atoms with Crippen LogP contribution in [0.15, 0.2) is 60.7 Å². The molecule has 0 saturated carbocycles. The smallest absolute Gasteiger partial charge is 0.150 e. The highest BCUT2D eigenvalue weighted by molar-refractivity contribution is 6.31. The average Bonchev–Trinajstić information content (AvgIpc) is 3.29. The molecule has 0 spiro atoms. The van der Waals surface area contributed by atoms with Crippen LogP contribution in [0.1, 0.15) is 50.0 Å². The quantitative estimate of drug-likeness (QED) is 0.380. The summed E-state index contributed by atoms with van der Waals surface area (Å²) in [7, 11) is 0. The largest absolute Gasteiger partial charge is 0.508 e. The van der Waals surface area contributed by atoms with Crippen molar-refractivity contribution in [3.05, 3.63) is 82.4 Å². The van der Waals surface area contributed by atoms with Crippen LogP contribution in [0, 0.1) is 5.92 Å². The van der Waals surface area contributed by atoms with Gasteiger partial charge in [0.2, 0.25) is 0 Å². The molecule has 2 aliphatic rings. The van der Waals surface area contributed by atoms with Gasteiger partial charge in [0.15, 0.2) is 0 Å². The monoisotopic (exact) mass is 505 g/mol. The number of benzene rings is 3. The van der Waals surface area contributed by atoms with Crippen molar-refractivity contribution in [1.29, 1.82) is 0 Å². The Hall–Kier alpha value is -3.15. The standard InChI is InChI=1S/C30H32ClNO4/c1-18-10-11-32(16-18)19(2)17-35-26-7-4-21(5-8-26)30-29(22-12-23(31)14-25(34)13-22)20(3)27-15-24(33)6-9-28(27)36-30/h4-9,12-15,18-19,30,33-34H,10-11,16-17H2,1-3H3/t18-,19+,30?/m1/s1. The van der Waals surface area contributed by atoms with E-state index in [1.165, 1.54) is 12.5 Å². The highest BCUT2D eigenvalue weighted by Gasteiger charge is 2.30. The van der Waals surface area contributed by atoms with Crippen molar-refractivity contribution in [2.24, 2.45) is 5.92 Å². The lowest BCUT2D eigenvalue weighted by molar-refractivity contribution is 0.169. The Bertz CT molecular complexity index is 1270. The van der Waals surface area contributed by atoms with Crippen LogP contribution in [0.25, 0.3) is 11.1 Å². The Kier molecular flexibility index (Phi) is 6.87. The number of nitrogens with zero attached hydrogens (tertiary/aromatic N) is 1. The van der Waals surface area contributed by atoms with E-state index < -0.39 is 6.10 Å². The van der Waals surface area contributed by atoms with Gasteiger partial charge in [-0.25, -0.2) is 0 Å². The Morgan fingerprint density at radius 1 is 1.06 bits per heavy atom. The Balaban J connectivity index is 1.43. The summed E-state index contributed by atoms with van der Waals surface area (Å²) < 4.78 is 12.6. The van der Waals surface area contributed by atoms with E-state index in [-0.39, 0.29) is 11.5 Å². The van der Waals surface area contributed by atoms with Gasteiger partial charge in [0, 0.05) is 28.7 Å². The Morgan fingerprint density at radius 3 is 2.53 bits per heavy atom. The van der Waals surface area contributed by atoms with Gasteiger partial charge in [-0.2, -0.15) is 0 Å². The van der Waals surface area contributed by atoms with E-state index in [4.69, 9.17) is 21.1 Å². The average molecular weight is 506 g/mol. The van der Waals surface area contributed by atoms with Crippen molar-refractivity contribution in [3.63, 3.8) is 0 Å². The molecule has 2 aliphatic heterocycles. The van der Waals surface area contributed by atoms with Gasteiger partial charge in [0.05, 0.1) is 0 Å². The molecule has 188 valence electrons. The molecule has 0 aromatic heterocycles. The summed E-state index contributed by atoms with van der Waals surface area (Å²) in [6, 6.07) is 18.5. The SMILES string of the molecule is CC1=C(c2cc(O)cc(Cl)c2)C(c2ccc(OC[C@H](C)N3CC[C@@H](C)C3)cc2)Oc2ccc(O)cc21. The van der Waals surface area contributed by atoms with Gasteiger partial charge in [-0.1, -0.05) is 30.7 Å². The minimum Gasteiger partial charge on any atom is -0.508 e. The molecule has 3 aromatic carbocycles. The Morgan fingerprint density at radius 2 is 1.83 bits per heavy atom. The fourth-order valence-electron chi connectivity index (χ4n) is 5.20. The molecule has 1 saturated heterocycles. The van der Waals surface area contributed by atoms with Gasteiger partial charge in [0.25, 0.3) is 0 Å². The summed E-state index contributed by atoms with van der Waals surface area (Å²) in [5.74, 6) is 2.52. The highest BCUT2D eigenvalue weighted by Crippen LogP contribution is 2.48. The lowest BCUT2D eigenvalue weighted by atomic mass is 9.86. The van der Waals surface area contributed by atoms with Crippen LogP contribution >= 0.6 is 11.6 Å². The van der Waals surface area contributed by atoms with Crippen LogP contribution in [0.4, 0.5) is 0 Å². The number of aromatic hydroxyl groups is 2. The lowest BCUT2D eigenvalue weighted by Crippen LogP contribution is -2.35. The molecule has 0 amide bonds. The summed E-state index contributed by atoms with van der Waals surface area (Å²) in [5, 5.41) is 20.8. The van der Waals surface area contributed by atoms with E-state index in [1.54, 1.807) is 24.3 Å². The van der Waals surface area contributed by atoms with Crippen LogP contribution in [0.3, 0.4) is 0 Å². The highest BCUT2D eigenvalue weighted by atomic mass is 35.5. The normalized spacial score (nSPS) is 20.7. The maximum Gasteiger partial charge on any atom is 0.150 e. The second-order valence-electron chi connectivity index (χ2n) is 10.0. The van der Waals surface area contributed by atoms with E-state index in [0.717, 1.165) is 52.6 Å². The van der Waals surface area contributed by atoms with Crippen LogP contribution in [-0.2, 0) is 0 Å². The number of ether oxygens (including phenoxy) is 2. The van der Waals surface area contributed by atoms with Crippen molar-refractivity contribution in [1.82, 2.24) is 4.90 Å². The molecule has 2 heterocycles. The molecule has 5 nitrogen and oxygen atoms in total. The third-order valence-corrected chi connectivity index (χ3v) is 7.44. The predicted molar refractivity (Wildman–Crippen MR) is 144 cm³/mol. The van der Waals surface area contributed by atoms with Crippen LogP contribution < -0.4 is 9.47 Å². The number of allylic oxidation sites excluding steroid dienone is 1. The number of hydrogen-bond acceptors (Lipinski definition) is 5. The van der Waals surface area contributed by atoms with Crippen LogP contribution in [-0.4, -0.2) is 40.9 Å². The van der Waals surface area contributed by atoms with Crippen LogP contribution in [0.5, 0.6) is 23.0 Å². The Labute approximate surface area is 217 Å². The van der Waals surface area contributed by atoms with E-state index in [1.807, 2.05) is 37.3 Å². The number of phenolic OH excluding ortho intramolecular Hbond substituents is 2.